The Balaban J connectivity index is 0.00000274. The summed E-state index contributed by atoms with van der Waals surface area (Å²) >= 11 is 0. The molecule has 0 unspecified atom stereocenters. The minimum Gasteiger partial charge on any atom is -0.347 e. The molecule has 0 radical (unpaired) electrons. The van der Waals surface area contributed by atoms with Crippen LogP contribution in [0.2, 0.25) is 0 Å². The minimum atomic E-state index is -0.211. The summed E-state index contributed by atoms with van der Waals surface area (Å²) in [6.45, 7) is 8.25. The Hall–Kier alpha value is -2.41. The van der Waals surface area contributed by atoms with E-state index >= 15 is 0 Å². The zero-order valence-corrected chi connectivity index (χ0v) is 20.9. The lowest BCUT2D eigenvalue weighted by Gasteiger charge is -2.34. The number of aromatic nitrogens is 1. The summed E-state index contributed by atoms with van der Waals surface area (Å²) in [5.41, 5.74) is 6.21. The molecule has 0 N–H and O–H groups in total. The van der Waals surface area contributed by atoms with E-state index < -0.39 is 0 Å². The molecule has 7 heteroatoms. The van der Waals surface area contributed by atoms with E-state index in [0.29, 0.717) is 13.1 Å². The highest BCUT2D eigenvalue weighted by molar-refractivity contribution is 5.98. The monoisotopic (exact) mass is 484 g/mol. The average molecular weight is 485 g/mol. The molecule has 2 aromatic carbocycles. The zero-order chi connectivity index (χ0) is 22.9. The van der Waals surface area contributed by atoms with Crippen LogP contribution in [-0.4, -0.2) is 59.5 Å². The smallest absolute Gasteiger partial charge is 0.241 e. The van der Waals surface area contributed by atoms with Crippen LogP contribution in [0.5, 0.6) is 0 Å². The molecule has 0 atom stereocenters. The number of halogens is 2. The number of aryl methyl sites for hydroxylation is 1. The number of hydrogen-bond acceptors (Lipinski definition) is 3. The second-order valence-corrected chi connectivity index (χ2v) is 9.36. The molecule has 182 valence electrons. The number of hydrogen-bond donors (Lipinski definition) is 0. The highest BCUT2D eigenvalue weighted by Gasteiger charge is 2.26. The predicted octanol–water partition coefficient (Wildman–Crippen LogP) is 4.40. The lowest BCUT2D eigenvalue weighted by atomic mass is 10.1. The van der Waals surface area contributed by atoms with Crippen molar-refractivity contribution in [2.45, 2.75) is 32.7 Å². The minimum absolute atomic E-state index is 0. The largest absolute Gasteiger partial charge is 0.347 e. The second kappa shape index (κ2) is 10.5. The maximum absolute atomic E-state index is 13.1. The summed E-state index contributed by atoms with van der Waals surface area (Å²) in [5, 5.41) is 1.32. The van der Waals surface area contributed by atoms with Crippen molar-refractivity contribution in [1.29, 1.82) is 0 Å². The first kappa shape index (κ1) is 24.7. The van der Waals surface area contributed by atoms with E-state index in [1.165, 1.54) is 40.7 Å². The van der Waals surface area contributed by atoms with Gasteiger partial charge in [-0.05, 0) is 67.7 Å². The second-order valence-electron chi connectivity index (χ2n) is 9.36. The molecule has 3 aromatic rings. The van der Waals surface area contributed by atoms with Gasteiger partial charge in [0.2, 0.25) is 5.91 Å². The molecule has 0 saturated carbocycles. The number of piperazine rings is 1. The third-order valence-corrected chi connectivity index (χ3v) is 7.38. The van der Waals surface area contributed by atoms with Crippen molar-refractivity contribution >= 4 is 34.9 Å². The fraction of sp³-hybridized carbons (Fsp3) is 0.444. The molecule has 0 bridgehead atoms. The third kappa shape index (κ3) is 4.85. The van der Waals surface area contributed by atoms with Gasteiger partial charge in [0.1, 0.15) is 5.82 Å². The average Bonchev–Trinajstić information content (AvgIpc) is 2.97. The number of amides is 1. The molecular weight excluding hydrogens is 451 g/mol. The van der Waals surface area contributed by atoms with E-state index in [9.17, 15) is 9.18 Å². The van der Waals surface area contributed by atoms with Gasteiger partial charge in [0, 0.05) is 50.0 Å². The highest BCUT2D eigenvalue weighted by Crippen LogP contribution is 2.33. The Morgan fingerprint density at radius 2 is 1.76 bits per heavy atom. The van der Waals surface area contributed by atoms with E-state index in [4.69, 9.17) is 0 Å². The summed E-state index contributed by atoms with van der Waals surface area (Å²) < 4.78 is 15.5. The topological polar surface area (TPSA) is 31.7 Å². The zero-order valence-electron chi connectivity index (χ0n) is 20.1. The number of fused-ring (bicyclic) bond motifs is 3. The molecule has 2 aliphatic heterocycles. The van der Waals surface area contributed by atoms with Gasteiger partial charge in [0.25, 0.3) is 0 Å². The Morgan fingerprint density at radius 1 is 0.971 bits per heavy atom. The first-order chi connectivity index (χ1) is 16.0. The SMILES string of the molecule is CCN1CCCc2c(c3ccc(N4CCN(CCc5ccc(F)cc5)CC4=O)cc3n2C)C1.Cl. The van der Waals surface area contributed by atoms with Crippen molar-refractivity contribution in [3.8, 4) is 0 Å². The molecule has 0 aliphatic carbocycles. The van der Waals surface area contributed by atoms with Gasteiger partial charge < -0.3 is 9.47 Å². The molecule has 0 spiro atoms. The lowest BCUT2D eigenvalue weighted by molar-refractivity contribution is -0.121. The van der Waals surface area contributed by atoms with Gasteiger partial charge in [-0.2, -0.15) is 0 Å². The van der Waals surface area contributed by atoms with Gasteiger partial charge in [-0.15, -0.1) is 12.4 Å². The van der Waals surface area contributed by atoms with E-state index in [1.54, 1.807) is 0 Å². The molecule has 1 saturated heterocycles. The van der Waals surface area contributed by atoms with Crippen molar-refractivity contribution < 1.29 is 9.18 Å². The fourth-order valence-electron chi connectivity index (χ4n) is 5.39. The molecule has 2 aliphatic rings. The number of benzene rings is 2. The molecule has 1 amide bonds. The number of nitrogens with zero attached hydrogens (tertiary/aromatic N) is 4. The maximum atomic E-state index is 13.1. The van der Waals surface area contributed by atoms with Gasteiger partial charge >= 0.3 is 0 Å². The van der Waals surface area contributed by atoms with E-state index in [1.807, 2.05) is 17.0 Å². The number of carbonyl (C=O) groups is 1. The van der Waals surface area contributed by atoms with Crippen LogP contribution in [0, 0.1) is 5.82 Å². The molecule has 5 rings (SSSR count). The standard InChI is InChI=1S/C27H33FN4O.ClH/c1-3-30-13-4-5-25-24(18-30)23-11-10-22(17-26(23)29(25)2)32-16-15-31(19-27(32)33)14-12-20-6-8-21(28)9-7-20;/h6-11,17H,3-5,12-16,18-19H2,1-2H3;1H. The van der Waals surface area contributed by atoms with Crippen LogP contribution >= 0.6 is 12.4 Å². The maximum Gasteiger partial charge on any atom is 0.241 e. The molecule has 5 nitrogen and oxygen atoms in total. The highest BCUT2D eigenvalue weighted by atomic mass is 35.5. The van der Waals surface area contributed by atoms with Gasteiger partial charge in [-0.3, -0.25) is 14.6 Å². The number of carbonyl (C=O) groups excluding carboxylic acids is 1. The van der Waals surface area contributed by atoms with Crippen LogP contribution in [0.25, 0.3) is 10.9 Å². The van der Waals surface area contributed by atoms with Crippen molar-refractivity contribution in [2.75, 3.05) is 44.2 Å². The summed E-state index contributed by atoms with van der Waals surface area (Å²) in [7, 11) is 2.17. The summed E-state index contributed by atoms with van der Waals surface area (Å²) in [6.07, 6.45) is 3.12. The quantitative estimate of drug-likeness (QED) is 0.538. The van der Waals surface area contributed by atoms with E-state index in [0.717, 1.165) is 56.8 Å². The molecule has 1 aromatic heterocycles. The van der Waals surface area contributed by atoms with Gasteiger partial charge in [-0.1, -0.05) is 25.1 Å². The molecule has 3 heterocycles. The van der Waals surface area contributed by atoms with Crippen molar-refractivity contribution in [3.63, 3.8) is 0 Å². The van der Waals surface area contributed by atoms with Crippen LogP contribution in [0.15, 0.2) is 42.5 Å². The Kier molecular flexibility index (Phi) is 7.60. The third-order valence-electron chi connectivity index (χ3n) is 7.38. The summed E-state index contributed by atoms with van der Waals surface area (Å²) in [4.78, 5) is 19.7. The summed E-state index contributed by atoms with van der Waals surface area (Å²) in [5.74, 6) is -0.0653. The molecule has 1 fully saturated rings. The van der Waals surface area contributed by atoms with Crippen LogP contribution in [0.4, 0.5) is 10.1 Å². The Labute approximate surface area is 207 Å². The summed E-state index contributed by atoms with van der Waals surface area (Å²) in [6, 6.07) is 13.2. The van der Waals surface area contributed by atoms with Crippen LogP contribution in [0.1, 0.15) is 30.2 Å². The normalized spacial score (nSPS) is 17.5. The van der Waals surface area contributed by atoms with Crippen LogP contribution in [-0.2, 0) is 31.2 Å². The number of anilines is 1. The first-order valence-electron chi connectivity index (χ1n) is 12.1. The Bertz CT molecular complexity index is 1160. The molecular formula is C27H34ClFN4O. The van der Waals surface area contributed by atoms with E-state index in [2.05, 4.69) is 46.5 Å². The molecule has 34 heavy (non-hydrogen) atoms. The van der Waals surface area contributed by atoms with Crippen LogP contribution < -0.4 is 4.90 Å². The number of rotatable bonds is 5. The fourth-order valence-corrected chi connectivity index (χ4v) is 5.39. The first-order valence-corrected chi connectivity index (χ1v) is 12.1. The van der Waals surface area contributed by atoms with Crippen molar-refractivity contribution in [3.05, 3.63) is 65.1 Å². The van der Waals surface area contributed by atoms with Crippen molar-refractivity contribution in [2.24, 2.45) is 7.05 Å². The van der Waals surface area contributed by atoms with Crippen molar-refractivity contribution in [1.82, 2.24) is 14.4 Å². The van der Waals surface area contributed by atoms with Gasteiger partial charge in [0.15, 0.2) is 0 Å². The van der Waals surface area contributed by atoms with Crippen LogP contribution in [0.3, 0.4) is 0 Å². The Morgan fingerprint density at radius 3 is 2.50 bits per heavy atom. The van der Waals surface area contributed by atoms with E-state index in [-0.39, 0.29) is 24.1 Å². The van der Waals surface area contributed by atoms with Gasteiger partial charge in [0.05, 0.1) is 12.1 Å². The van der Waals surface area contributed by atoms with Gasteiger partial charge in [-0.25, -0.2) is 4.39 Å². The predicted molar refractivity (Wildman–Crippen MR) is 138 cm³/mol. The lowest BCUT2D eigenvalue weighted by Crippen LogP contribution is -2.50.